The summed E-state index contributed by atoms with van der Waals surface area (Å²) in [6.45, 7) is 3.32. The Morgan fingerprint density at radius 2 is 1.83 bits per heavy atom. The molecule has 1 aliphatic heterocycles. The van der Waals surface area contributed by atoms with Crippen LogP contribution >= 0.6 is 0 Å². The maximum atomic E-state index is 12.6. The van der Waals surface area contributed by atoms with Crippen molar-refractivity contribution in [2.24, 2.45) is 22.3 Å². The van der Waals surface area contributed by atoms with E-state index in [4.69, 9.17) is 11.5 Å². The van der Waals surface area contributed by atoms with Gasteiger partial charge in [0.25, 0.3) is 0 Å². The SMILES string of the molecule is CC1(C(N)=O)CCN(C(=O)C2(CN)CCCC2)C1. The van der Waals surface area contributed by atoms with Crippen molar-refractivity contribution < 1.29 is 9.59 Å². The molecule has 18 heavy (non-hydrogen) atoms. The lowest BCUT2D eigenvalue weighted by atomic mass is 9.84. The van der Waals surface area contributed by atoms with Crippen LogP contribution in [-0.2, 0) is 9.59 Å². The summed E-state index contributed by atoms with van der Waals surface area (Å²) >= 11 is 0. The summed E-state index contributed by atoms with van der Waals surface area (Å²) in [6.07, 6.45) is 4.57. The van der Waals surface area contributed by atoms with Gasteiger partial charge in [0.1, 0.15) is 0 Å². The third kappa shape index (κ3) is 2.00. The Morgan fingerprint density at radius 1 is 1.22 bits per heavy atom. The van der Waals surface area contributed by atoms with Crippen LogP contribution in [-0.4, -0.2) is 36.3 Å². The van der Waals surface area contributed by atoms with Crippen LogP contribution in [0.25, 0.3) is 0 Å². The molecule has 4 N–H and O–H groups in total. The number of carbonyl (C=O) groups excluding carboxylic acids is 2. The van der Waals surface area contributed by atoms with Crippen molar-refractivity contribution in [1.29, 1.82) is 0 Å². The van der Waals surface area contributed by atoms with Gasteiger partial charge in [-0.1, -0.05) is 12.8 Å². The third-order valence-corrected chi connectivity index (χ3v) is 4.76. The Morgan fingerprint density at radius 3 is 2.28 bits per heavy atom. The van der Waals surface area contributed by atoms with Crippen molar-refractivity contribution in [2.45, 2.75) is 39.0 Å². The smallest absolute Gasteiger partial charge is 0.230 e. The zero-order valence-corrected chi connectivity index (χ0v) is 11.1. The molecule has 0 aromatic rings. The topological polar surface area (TPSA) is 89.4 Å². The van der Waals surface area contributed by atoms with Crippen molar-refractivity contribution in [1.82, 2.24) is 4.90 Å². The predicted molar refractivity (Wildman–Crippen MR) is 68.5 cm³/mol. The van der Waals surface area contributed by atoms with Crippen LogP contribution in [0.15, 0.2) is 0 Å². The van der Waals surface area contributed by atoms with Gasteiger partial charge in [-0.2, -0.15) is 0 Å². The lowest BCUT2D eigenvalue weighted by Crippen LogP contribution is -2.47. The van der Waals surface area contributed by atoms with Crippen LogP contribution < -0.4 is 11.5 Å². The highest BCUT2D eigenvalue weighted by molar-refractivity contribution is 5.86. The maximum Gasteiger partial charge on any atom is 0.230 e. The molecule has 1 heterocycles. The number of hydrogen-bond acceptors (Lipinski definition) is 3. The average molecular weight is 253 g/mol. The summed E-state index contributed by atoms with van der Waals surface area (Å²) in [5, 5.41) is 0. The molecule has 1 aliphatic carbocycles. The van der Waals surface area contributed by atoms with Crippen LogP contribution in [0.2, 0.25) is 0 Å². The maximum absolute atomic E-state index is 12.6. The summed E-state index contributed by atoms with van der Waals surface area (Å²) in [5.41, 5.74) is 10.3. The molecule has 5 heteroatoms. The van der Waals surface area contributed by atoms with Gasteiger partial charge in [-0.05, 0) is 26.2 Å². The van der Waals surface area contributed by atoms with Crippen LogP contribution in [0.5, 0.6) is 0 Å². The molecule has 2 amide bonds. The van der Waals surface area contributed by atoms with Crippen molar-refractivity contribution in [3.8, 4) is 0 Å². The van der Waals surface area contributed by atoms with Gasteiger partial charge in [-0.25, -0.2) is 0 Å². The molecule has 0 radical (unpaired) electrons. The minimum absolute atomic E-state index is 0.132. The molecule has 0 bridgehead atoms. The van der Waals surface area contributed by atoms with Crippen LogP contribution in [0.1, 0.15) is 39.0 Å². The lowest BCUT2D eigenvalue weighted by Gasteiger charge is -2.31. The first kappa shape index (κ1) is 13.3. The number of rotatable bonds is 3. The number of likely N-dealkylation sites (tertiary alicyclic amines) is 1. The first-order valence-electron chi connectivity index (χ1n) is 6.73. The first-order valence-corrected chi connectivity index (χ1v) is 6.73. The Bertz CT molecular complexity index is 363. The highest BCUT2D eigenvalue weighted by atomic mass is 16.2. The molecule has 5 nitrogen and oxygen atoms in total. The molecule has 1 saturated carbocycles. The fourth-order valence-corrected chi connectivity index (χ4v) is 3.23. The number of primary amides is 1. The molecule has 102 valence electrons. The lowest BCUT2D eigenvalue weighted by molar-refractivity contribution is -0.141. The van der Waals surface area contributed by atoms with E-state index < -0.39 is 5.41 Å². The highest BCUT2D eigenvalue weighted by Crippen LogP contribution is 2.41. The molecule has 0 aromatic carbocycles. The fraction of sp³-hybridized carbons (Fsp3) is 0.846. The molecule has 2 rings (SSSR count). The zero-order chi connectivity index (χ0) is 13.4. The molecular weight excluding hydrogens is 230 g/mol. The van der Waals surface area contributed by atoms with E-state index in [1.54, 1.807) is 4.90 Å². The van der Waals surface area contributed by atoms with Gasteiger partial charge in [-0.3, -0.25) is 9.59 Å². The highest BCUT2D eigenvalue weighted by Gasteiger charge is 2.47. The Labute approximate surface area is 108 Å². The molecule has 1 atom stereocenters. The van der Waals surface area contributed by atoms with E-state index in [0.29, 0.717) is 26.1 Å². The Balaban J connectivity index is 2.10. The quantitative estimate of drug-likeness (QED) is 0.754. The van der Waals surface area contributed by atoms with Crippen LogP contribution in [0.4, 0.5) is 0 Å². The van der Waals surface area contributed by atoms with Crippen LogP contribution in [0, 0.1) is 10.8 Å². The van der Waals surface area contributed by atoms with Gasteiger partial charge >= 0.3 is 0 Å². The second kappa shape index (κ2) is 4.53. The number of hydrogen-bond donors (Lipinski definition) is 2. The molecule has 1 saturated heterocycles. The minimum Gasteiger partial charge on any atom is -0.369 e. The van der Waals surface area contributed by atoms with Crippen LogP contribution in [0.3, 0.4) is 0 Å². The number of nitrogens with zero attached hydrogens (tertiary/aromatic N) is 1. The van der Waals surface area contributed by atoms with Crippen molar-refractivity contribution in [3.63, 3.8) is 0 Å². The largest absolute Gasteiger partial charge is 0.369 e. The van der Waals surface area contributed by atoms with Gasteiger partial charge in [0.15, 0.2) is 0 Å². The van der Waals surface area contributed by atoms with E-state index in [1.807, 2.05) is 6.92 Å². The van der Waals surface area contributed by atoms with Gasteiger partial charge in [0.05, 0.1) is 10.8 Å². The van der Waals surface area contributed by atoms with Crippen molar-refractivity contribution in [2.75, 3.05) is 19.6 Å². The van der Waals surface area contributed by atoms with Gasteiger partial charge < -0.3 is 16.4 Å². The minimum atomic E-state index is -0.565. The summed E-state index contributed by atoms with van der Waals surface area (Å²) < 4.78 is 0. The molecule has 0 aromatic heterocycles. The van der Waals surface area contributed by atoms with Gasteiger partial charge in [0, 0.05) is 19.6 Å². The molecule has 2 fully saturated rings. The average Bonchev–Trinajstić information content (AvgIpc) is 2.96. The molecular formula is C13H23N3O2. The van der Waals surface area contributed by atoms with Crippen molar-refractivity contribution >= 4 is 11.8 Å². The monoisotopic (exact) mass is 253 g/mol. The predicted octanol–water partition coefficient (Wildman–Crippen LogP) is 0.229. The molecule has 1 unspecified atom stereocenters. The second-order valence-corrected chi connectivity index (χ2v) is 6.09. The van der Waals surface area contributed by atoms with E-state index in [1.165, 1.54) is 0 Å². The standard InChI is InChI=1S/C13H23N3O2/c1-12(10(15)17)6-7-16(9-12)11(18)13(8-14)4-2-3-5-13/h2-9,14H2,1H3,(H2,15,17). The van der Waals surface area contributed by atoms with E-state index >= 15 is 0 Å². The second-order valence-electron chi connectivity index (χ2n) is 6.09. The van der Waals surface area contributed by atoms with E-state index in [9.17, 15) is 9.59 Å². The zero-order valence-electron chi connectivity index (χ0n) is 11.1. The molecule has 2 aliphatic rings. The van der Waals surface area contributed by atoms with Crippen molar-refractivity contribution in [3.05, 3.63) is 0 Å². The van der Waals surface area contributed by atoms with Gasteiger partial charge in [0.2, 0.25) is 11.8 Å². The number of amides is 2. The summed E-state index contributed by atoms with van der Waals surface area (Å²) in [4.78, 5) is 25.8. The summed E-state index contributed by atoms with van der Waals surface area (Å²) in [5.74, 6) is -0.182. The first-order chi connectivity index (χ1) is 8.43. The third-order valence-electron chi connectivity index (χ3n) is 4.76. The fourth-order valence-electron chi connectivity index (χ4n) is 3.23. The summed E-state index contributed by atoms with van der Waals surface area (Å²) in [7, 11) is 0. The summed E-state index contributed by atoms with van der Waals surface area (Å²) in [6, 6.07) is 0. The van der Waals surface area contributed by atoms with Gasteiger partial charge in [-0.15, -0.1) is 0 Å². The normalized spacial score (nSPS) is 30.7. The Kier molecular flexibility index (Phi) is 3.36. The number of nitrogens with two attached hydrogens (primary N) is 2. The molecule has 0 spiro atoms. The van der Waals surface area contributed by atoms with E-state index in [2.05, 4.69) is 0 Å². The van der Waals surface area contributed by atoms with E-state index in [-0.39, 0.29) is 17.2 Å². The number of carbonyl (C=O) groups is 2. The Hall–Kier alpha value is -1.10. The van der Waals surface area contributed by atoms with E-state index in [0.717, 1.165) is 25.7 Å².